The maximum absolute atomic E-state index is 11.3. The number of aldehydes is 1. The number of piperidine rings is 1. The minimum Gasteiger partial charge on any atom is -0.356 e. The molecule has 1 aliphatic heterocycles. The van der Waals surface area contributed by atoms with E-state index in [0.717, 1.165) is 82.9 Å². The second-order valence-corrected chi connectivity index (χ2v) is 9.98. The monoisotopic (exact) mass is 497 g/mol. The van der Waals surface area contributed by atoms with Crippen LogP contribution in [0, 0.1) is 13.8 Å². The number of benzene rings is 2. The van der Waals surface area contributed by atoms with Crippen molar-refractivity contribution in [1.29, 1.82) is 0 Å². The average Bonchev–Trinajstić information content (AvgIpc) is 3.37. The average molecular weight is 498 g/mol. The number of fused-ring (bicyclic) bond motifs is 1. The van der Waals surface area contributed by atoms with Gasteiger partial charge < -0.3 is 9.42 Å². The molecule has 37 heavy (non-hydrogen) atoms. The van der Waals surface area contributed by atoms with Crippen molar-refractivity contribution in [2.24, 2.45) is 0 Å². The third-order valence-corrected chi connectivity index (χ3v) is 7.64. The third kappa shape index (κ3) is 4.87. The van der Waals surface area contributed by atoms with Crippen molar-refractivity contribution in [3.05, 3.63) is 65.1 Å². The number of carbonyl (C=O) groups excluding carboxylic acids is 1. The van der Waals surface area contributed by atoms with Gasteiger partial charge in [-0.15, -0.1) is 0 Å². The Balaban J connectivity index is 0.00000137. The summed E-state index contributed by atoms with van der Waals surface area (Å²) in [6.07, 6.45) is 8.12. The zero-order chi connectivity index (χ0) is 25.9. The first-order valence-electron chi connectivity index (χ1n) is 13.5. The number of hydrogen-bond acceptors (Lipinski definition) is 7. The molecule has 2 fully saturated rings. The van der Waals surface area contributed by atoms with Crippen LogP contribution < -0.4 is 4.90 Å². The minimum absolute atomic E-state index is 0.303. The summed E-state index contributed by atoms with van der Waals surface area (Å²) in [5.74, 6) is 3.47. The van der Waals surface area contributed by atoms with Crippen molar-refractivity contribution in [1.82, 2.24) is 20.1 Å². The van der Waals surface area contributed by atoms with Crippen LogP contribution in [0.3, 0.4) is 0 Å². The molecule has 7 heteroatoms. The number of anilines is 1. The van der Waals surface area contributed by atoms with Gasteiger partial charge in [0.15, 0.2) is 5.82 Å². The number of aryl methyl sites for hydroxylation is 2. The zero-order valence-corrected chi connectivity index (χ0v) is 22.2. The SMILES string of the molecule is CC.Cc1cc(-c2ccc(C=O)c(C)c2)c2ncnc(N3CCC(c4nc(C5CCC5)no4)CC3)c2c1. The predicted molar refractivity (Wildman–Crippen MR) is 146 cm³/mol. The van der Waals surface area contributed by atoms with Crippen molar-refractivity contribution in [2.45, 2.75) is 71.6 Å². The van der Waals surface area contributed by atoms with Crippen molar-refractivity contribution in [3.8, 4) is 11.1 Å². The molecule has 0 spiro atoms. The lowest BCUT2D eigenvalue weighted by Gasteiger charge is -2.32. The highest BCUT2D eigenvalue weighted by molar-refractivity contribution is 6.00. The Kier molecular flexibility index (Phi) is 7.31. The molecule has 3 heterocycles. The summed E-state index contributed by atoms with van der Waals surface area (Å²) in [7, 11) is 0. The molecule has 1 saturated heterocycles. The number of nitrogens with zero attached hydrogens (tertiary/aromatic N) is 5. The second-order valence-electron chi connectivity index (χ2n) is 9.98. The van der Waals surface area contributed by atoms with Gasteiger partial charge >= 0.3 is 0 Å². The normalized spacial score (nSPS) is 16.3. The second kappa shape index (κ2) is 10.8. The van der Waals surface area contributed by atoms with Gasteiger partial charge in [0.05, 0.1) is 5.52 Å². The molecule has 2 aromatic carbocycles. The van der Waals surface area contributed by atoms with E-state index in [2.05, 4.69) is 40.2 Å². The molecule has 0 unspecified atom stereocenters. The van der Waals surface area contributed by atoms with Gasteiger partial charge in [-0.05, 0) is 68.4 Å². The highest BCUT2D eigenvalue weighted by Crippen LogP contribution is 2.38. The maximum Gasteiger partial charge on any atom is 0.229 e. The summed E-state index contributed by atoms with van der Waals surface area (Å²) >= 11 is 0. The number of aromatic nitrogens is 4. The summed E-state index contributed by atoms with van der Waals surface area (Å²) in [6.45, 7) is 9.84. The summed E-state index contributed by atoms with van der Waals surface area (Å²) in [5.41, 5.74) is 5.89. The van der Waals surface area contributed by atoms with Gasteiger partial charge in [-0.2, -0.15) is 4.98 Å². The Bertz CT molecular complexity index is 1400. The fourth-order valence-corrected chi connectivity index (χ4v) is 5.33. The van der Waals surface area contributed by atoms with Gasteiger partial charge in [-0.25, -0.2) is 9.97 Å². The molecule has 1 aliphatic carbocycles. The van der Waals surface area contributed by atoms with E-state index in [-0.39, 0.29) is 0 Å². The van der Waals surface area contributed by atoms with Crippen molar-refractivity contribution >= 4 is 23.0 Å². The van der Waals surface area contributed by atoms with E-state index in [1.165, 1.54) is 19.3 Å². The topological polar surface area (TPSA) is 85.0 Å². The molecule has 7 nitrogen and oxygen atoms in total. The molecule has 2 aliphatic rings. The molecule has 4 aromatic rings. The van der Waals surface area contributed by atoms with Crippen LogP contribution in [-0.2, 0) is 0 Å². The Morgan fingerprint density at radius 2 is 1.76 bits per heavy atom. The Morgan fingerprint density at radius 1 is 0.973 bits per heavy atom. The first-order valence-corrected chi connectivity index (χ1v) is 13.5. The summed E-state index contributed by atoms with van der Waals surface area (Å²) in [5, 5.41) is 5.32. The van der Waals surface area contributed by atoms with E-state index in [1.807, 2.05) is 32.9 Å². The largest absolute Gasteiger partial charge is 0.356 e. The molecule has 0 N–H and O–H groups in total. The quantitative estimate of drug-likeness (QED) is 0.281. The molecule has 1 saturated carbocycles. The molecule has 6 rings (SSSR count). The van der Waals surface area contributed by atoms with Crippen LogP contribution in [0.5, 0.6) is 0 Å². The third-order valence-electron chi connectivity index (χ3n) is 7.64. The summed E-state index contributed by atoms with van der Waals surface area (Å²) < 4.78 is 5.65. The molecule has 0 radical (unpaired) electrons. The molecule has 192 valence electrons. The molecule has 0 atom stereocenters. The van der Waals surface area contributed by atoms with Crippen molar-refractivity contribution in [3.63, 3.8) is 0 Å². The molecular formula is C30H35N5O2. The molecule has 2 aromatic heterocycles. The number of carbonyl (C=O) groups is 1. The predicted octanol–water partition coefficient (Wildman–Crippen LogP) is 6.79. The maximum atomic E-state index is 11.3. The van der Waals surface area contributed by atoms with E-state index in [4.69, 9.17) is 14.5 Å². The minimum atomic E-state index is 0.303. The first-order chi connectivity index (χ1) is 18.1. The van der Waals surface area contributed by atoms with E-state index in [1.54, 1.807) is 6.33 Å². The fourth-order valence-electron chi connectivity index (χ4n) is 5.33. The van der Waals surface area contributed by atoms with Crippen LogP contribution in [0.25, 0.3) is 22.0 Å². The van der Waals surface area contributed by atoms with Crippen LogP contribution in [0.2, 0.25) is 0 Å². The van der Waals surface area contributed by atoms with Crippen molar-refractivity contribution in [2.75, 3.05) is 18.0 Å². The van der Waals surface area contributed by atoms with Crippen molar-refractivity contribution < 1.29 is 9.32 Å². The van der Waals surface area contributed by atoms with Gasteiger partial charge in [0.1, 0.15) is 18.4 Å². The fraction of sp³-hybridized carbons (Fsp3) is 0.433. The van der Waals surface area contributed by atoms with Gasteiger partial charge in [0.2, 0.25) is 5.89 Å². The lowest BCUT2D eigenvalue weighted by molar-refractivity contribution is 0.112. The zero-order valence-electron chi connectivity index (χ0n) is 22.2. The summed E-state index contributed by atoms with van der Waals surface area (Å²) in [4.78, 5) is 27.8. The summed E-state index contributed by atoms with van der Waals surface area (Å²) in [6, 6.07) is 10.3. The Labute approximate surface area is 218 Å². The van der Waals surface area contributed by atoms with Crippen LogP contribution in [0.1, 0.15) is 91.0 Å². The van der Waals surface area contributed by atoms with Gasteiger partial charge in [-0.1, -0.05) is 43.6 Å². The Morgan fingerprint density at radius 3 is 2.43 bits per heavy atom. The number of hydrogen-bond donors (Lipinski definition) is 0. The highest BCUT2D eigenvalue weighted by Gasteiger charge is 2.30. The van der Waals surface area contributed by atoms with E-state index < -0.39 is 0 Å². The smallest absolute Gasteiger partial charge is 0.229 e. The lowest BCUT2D eigenvalue weighted by atomic mass is 9.85. The molecule has 0 amide bonds. The van der Waals surface area contributed by atoms with Gasteiger partial charge in [0, 0.05) is 41.4 Å². The van der Waals surface area contributed by atoms with E-state index >= 15 is 0 Å². The Hall–Kier alpha value is -3.61. The highest BCUT2D eigenvalue weighted by atomic mass is 16.5. The standard InChI is InChI=1S/C28H29N5O2.C2H6/c1-17-12-23(21-6-7-22(15-34)18(2)14-21)25-24(13-17)27(30-16-29-25)33-10-8-20(9-11-33)28-31-26(32-35-28)19-4-3-5-19;1-2/h6-7,12-16,19-20H,3-5,8-11H2,1-2H3;1-2H3. The molecule has 0 bridgehead atoms. The van der Waals surface area contributed by atoms with Gasteiger partial charge in [0.25, 0.3) is 0 Å². The van der Waals surface area contributed by atoms with Crippen LogP contribution in [-0.4, -0.2) is 39.5 Å². The van der Waals surface area contributed by atoms with E-state index in [9.17, 15) is 4.79 Å². The van der Waals surface area contributed by atoms with Gasteiger partial charge in [-0.3, -0.25) is 4.79 Å². The van der Waals surface area contributed by atoms with Crippen LogP contribution in [0.15, 0.2) is 41.2 Å². The number of rotatable bonds is 5. The lowest BCUT2D eigenvalue weighted by Crippen LogP contribution is -2.33. The first kappa shape index (κ1) is 25.1. The van der Waals surface area contributed by atoms with E-state index in [0.29, 0.717) is 17.4 Å². The van der Waals surface area contributed by atoms with Crippen LogP contribution in [0.4, 0.5) is 5.82 Å². The van der Waals surface area contributed by atoms with Crippen LogP contribution >= 0.6 is 0 Å². The molecular weight excluding hydrogens is 462 g/mol.